The Morgan fingerprint density at radius 3 is 2.71 bits per heavy atom. The molecule has 1 fully saturated rings. The van der Waals surface area contributed by atoms with Crippen LogP contribution >= 0.6 is 23.2 Å². The number of guanidine groups is 1. The van der Waals surface area contributed by atoms with Crippen LogP contribution in [0.2, 0.25) is 10.0 Å². The van der Waals surface area contributed by atoms with Crippen molar-refractivity contribution in [2.45, 2.75) is 12.8 Å². The lowest BCUT2D eigenvalue weighted by atomic mass is 10.1. The Balaban J connectivity index is 1.52. The number of nitrogens with one attached hydrogen (secondary N) is 3. The molecule has 1 atom stereocenters. The first kappa shape index (κ1) is 22.7. The van der Waals surface area contributed by atoms with Crippen LogP contribution in [0.3, 0.4) is 0 Å². The van der Waals surface area contributed by atoms with E-state index in [0.717, 1.165) is 39.2 Å². The van der Waals surface area contributed by atoms with Crippen molar-refractivity contribution in [3.05, 3.63) is 33.8 Å². The monoisotopic (exact) mass is 430 g/mol. The number of amides is 1. The van der Waals surface area contributed by atoms with Gasteiger partial charge in [-0.05, 0) is 31.0 Å². The number of nitrogens with zero attached hydrogens (tertiary/aromatic N) is 1. The first-order chi connectivity index (χ1) is 13.6. The minimum absolute atomic E-state index is 0.201. The summed E-state index contributed by atoms with van der Waals surface area (Å²) < 4.78 is 11.0. The molecule has 0 bridgehead atoms. The van der Waals surface area contributed by atoms with Crippen molar-refractivity contribution >= 4 is 35.1 Å². The van der Waals surface area contributed by atoms with Crippen molar-refractivity contribution in [1.82, 2.24) is 16.0 Å². The van der Waals surface area contributed by atoms with Gasteiger partial charge in [0.15, 0.2) is 5.96 Å². The van der Waals surface area contributed by atoms with Gasteiger partial charge < -0.3 is 25.4 Å². The average molecular weight is 431 g/mol. The molecule has 1 amide bonds. The summed E-state index contributed by atoms with van der Waals surface area (Å²) in [5.74, 6) is 1.03. The molecule has 9 heteroatoms. The second-order valence-corrected chi connectivity index (χ2v) is 7.28. The Bertz CT molecular complexity index is 652. The second-order valence-electron chi connectivity index (χ2n) is 6.47. The van der Waals surface area contributed by atoms with Gasteiger partial charge in [-0.2, -0.15) is 0 Å². The molecule has 0 saturated carbocycles. The molecule has 2 rings (SSSR count). The van der Waals surface area contributed by atoms with E-state index in [1.54, 1.807) is 25.2 Å². The lowest BCUT2D eigenvalue weighted by Crippen LogP contribution is -2.42. The van der Waals surface area contributed by atoms with E-state index < -0.39 is 0 Å². The van der Waals surface area contributed by atoms with Crippen molar-refractivity contribution in [2.24, 2.45) is 10.9 Å². The molecule has 0 aliphatic carbocycles. The summed E-state index contributed by atoms with van der Waals surface area (Å²) in [4.78, 5) is 16.2. The van der Waals surface area contributed by atoms with Crippen molar-refractivity contribution < 1.29 is 14.3 Å². The van der Waals surface area contributed by atoms with Gasteiger partial charge in [0.25, 0.3) is 5.91 Å². The van der Waals surface area contributed by atoms with Crippen LogP contribution in [0.25, 0.3) is 0 Å². The van der Waals surface area contributed by atoms with Gasteiger partial charge in [-0.25, -0.2) is 0 Å². The maximum atomic E-state index is 12.1. The number of rotatable bonds is 10. The van der Waals surface area contributed by atoms with Crippen molar-refractivity contribution in [1.29, 1.82) is 0 Å². The molecule has 0 spiro atoms. The molecule has 1 aromatic rings. The van der Waals surface area contributed by atoms with Gasteiger partial charge >= 0.3 is 0 Å². The van der Waals surface area contributed by atoms with E-state index in [9.17, 15) is 4.79 Å². The highest BCUT2D eigenvalue weighted by Crippen LogP contribution is 2.22. The van der Waals surface area contributed by atoms with Gasteiger partial charge in [0.05, 0.1) is 23.3 Å². The van der Waals surface area contributed by atoms with Crippen LogP contribution in [0, 0.1) is 5.92 Å². The first-order valence-corrected chi connectivity index (χ1v) is 10.2. The van der Waals surface area contributed by atoms with Crippen LogP contribution in [-0.2, 0) is 9.47 Å². The minimum atomic E-state index is -0.201. The van der Waals surface area contributed by atoms with Gasteiger partial charge in [-0.15, -0.1) is 0 Å². The summed E-state index contributed by atoms with van der Waals surface area (Å²) in [5.41, 5.74) is 0.473. The zero-order valence-corrected chi connectivity index (χ0v) is 17.6. The van der Waals surface area contributed by atoms with Crippen LogP contribution < -0.4 is 16.0 Å². The number of carbonyl (C=O) groups excluding carboxylic acids is 1. The molecule has 1 aromatic carbocycles. The van der Waals surface area contributed by atoms with E-state index in [1.807, 2.05) is 0 Å². The summed E-state index contributed by atoms with van der Waals surface area (Å²) >= 11 is 11.8. The third-order valence-electron chi connectivity index (χ3n) is 4.24. The first-order valence-electron chi connectivity index (χ1n) is 9.43. The highest BCUT2D eigenvalue weighted by atomic mass is 35.5. The van der Waals surface area contributed by atoms with E-state index in [1.165, 1.54) is 0 Å². The number of hydrogen-bond donors (Lipinski definition) is 3. The zero-order chi connectivity index (χ0) is 20.2. The summed E-state index contributed by atoms with van der Waals surface area (Å²) in [6.07, 6.45) is 1.98. The molecular weight excluding hydrogens is 403 g/mol. The Morgan fingerprint density at radius 1 is 1.21 bits per heavy atom. The molecule has 0 radical (unpaired) electrons. The zero-order valence-electron chi connectivity index (χ0n) is 16.1. The molecule has 1 aliphatic heterocycles. The van der Waals surface area contributed by atoms with Crippen LogP contribution in [0.5, 0.6) is 0 Å². The fourth-order valence-electron chi connectivity index (χ4n) is 2.66. The number of benzene rings is 1. The number of carbonyl (C=O) groups is 1. The Kier molecular flexibility index (Phi) is 10.4. The quantitative estimate of drug-likeness (QED) is 0.301. The number of halogens is 2. The van der Waals surface area contributed by atoms with Gasteiger partial charge in [0, 0.05) is 51.4 Å². The molecule has 1 saturated heterocycles. The summed E-state index contributed by atoms with van der Waals surface area (Å²) in [5, 5.41) is 9.98. The number of ether oxygens (including phenoxy) is 2. The SMILES string of the molecule is CN=C(NCCCOCC1CCOC1)NCCNC(=O)c1ccc(Cl)c(Cl)c1. The highest BCUT2D eigenvalue weighted by molar-refractivity contribution is 6.42. The normalized spacial score (nSPS) is 16.8. The molecule has 1 unspecified atom stereocenters. The van der Waals surface area contributed by atoms with Crippen molar-refractivity contribution in [2.75, 3.05) is 53.1 Å². The lowest BCUT2D eigenvalue weighted by molar-refractivity contribution is 0.0887. The van der Waals surface area contributed by atoms with Gasteiger partial charge in [0.1, 0.15) is 0 Å². The fraction of sp³-hybridized carbons (Fsp3) is 0.579. The summed E-state index contributed by atoms with van der Waals surface area (Å²) in [6, 6.07) is 4.79. The van der Waals surface area contributed by atoms with Crippen LogP contribution in [0.1, 0.15) is 23.2 Å². The standard InChI is InChI=1S/C19H28Cl2N4O3/c1-22-19(24-6-2-9-27-12-14-5-10-28-13-14)25-8-7-23-18(26)15-3-4-16(20)17(21)11-15/h3-4,11,14H,2,5-10,12-13H2,1H3,(H,23,26)(H2,22,24,25). The Hall–Kier alpha value is -1.54. The fourth-order valence-corrected chi connectivity index (χ4v) is 2.96. The molecule has 1 aliphatic rings. The maximum Gasteiger partial charge on any atom is 0.251 e. The Labute approximate surface area is 176 Å². The smallest absolute Gasteiger partial charge is 0.251 e. The molecular formula is C19H28Cl2N4O3. The van der Waals surface area contributed by atoms with Gasteiger partial charge in [-0.1, -0.05) is 23.2 Å². The molecule has 28 heavy (non-hydrogen) atoms. The average Bonchev–Trinajstić information content (AvgIpc) is 3.21. The lowest BCUT2D eigenvalue weighted by Gasteiger charge is -2.13. The van der Waals surface area contributed by atoms with Crippen LogP contribution in [0.15, 0.2) is 23.2 Å². The molecule has 7 nitrogen and oxygen atoms in total. The largest absolute Gasteiger partial charge is 0.381 e. The third-order valence-corrected chi connectivity index (χ3v) is 4.98. The molecule has 1 heterocycles. The van der Waals surface area contributed by atoms with Gasteiger partial charge in [0.2, 0.25) is 0 Å². The van der Waals surface area contributed by atoms with Crippen molar-refractivity contribution in [3.63, 3.8) is 0 Å². The summed E-state index contributed by atoms with van der Waals surface area (Å²) in [6.45, 7) is 4.90. The van der Waals surface area contributed by atoms with Gasteiger partial charge in [-0.3, -0.25) is 9.79 Å². The predicted molar refractivity (Wildman–Crippen MR) is 113 cm³/mol. The molecule has 156 valence electrons. The third kappa shape index (κ3) is 8.22. The minimum Gasteiger partial charge on any atom is -0.381 e. The van der Waals surface area contributed by atoms with Crippen molar-refractivity contribution in [3.8, 4) is 0 Å². The molecule has 3 N–H and O–H groups in total. The van der Waals surface area contributed by atoms with Crippen LogP contribution in [0.4, 0.5) is 0 Å². The number of hydrogen-bond acceptors (Lipinski definition) is 4. The molecule has 0 aromatic heterocycles. The van der Waals surface area contributed by atoms with Crippen LogP contribution in [-0.4, -0.2) is 65.0 Å². The second kappa shape index (κ2) is 12.8. The Morgan fingerprint density at radius 2 is 2.00 bits per heavy atom. The van der Waals surface area contributed by atoms with E-state index in [0.29, 0.717) is 47.2 Å². The van der Waals surface area contributed by atoms with E-state index >= 15 is 0 Å². The van der Waals surface area contributed by atoms with E-state index in [-0.39, 0.29) is 5.91 Å². The number of aliphatic imine (C=N–C) groups is 1. The van der Waals surface area contributed by atoms with E-state index in [2.05, 4.69) is 20.9 Å². The topological polar surface area (TPSA) is 84.0 Å². The maximum absolute atomic E-state index is 12.1. The predicted octanol–water partition coefficient (Wildman–Crippen LogP) is 2.33. The highest BCUT2D eigenvalue weighted by Gasteiger charge is 2.15. The summed E-state index contributed by atoms with van der Waals surface area (Å²) in [7, 11) is 1.71. The van der Waals surface area contributed by atoms with E-state index in [4.69, 9.17) is 32.7 Å².